The fourth-order valence-electron chi connectivity index (χ4n) is 4.96. The first-order chi connectivity index (χ1) is 12.9. The van der Waals surface area contributed by atoms with Crippen molar-refractivity contribution < 1.29 is 17.9 Å². The smallest absolute Gasteiger partial charge is 0.243 e. The van der Waals surface area contributed by atoms with Gasteiger partial charge in [-0.15, -0.1) is 0 Å². The first kappa shape index (κ1) is 18.9. The highest BCUT2D eigenvalue weighted by Crippen LogP contribution is 2.49. The molecule has 0 unspecified atom stereocenters. The number of aryl methyl sites for hydroxylation is 1. The van der Waals surface area contributed by atoms with E-state index in [1.807, 2.05) is 0 Å². The number of rotatable bonds is 5. The van der Waals surface area contributed by atoms with Crippen LogP contribution in [0.3, 0.4) is 0 Å². The van der Waals surface area contributed by atoms with Crippen LogP contribution in [0.2, 0.25) is 0 Å². The van der Waals surface area contributed by atoms with Gasteiger partial charge < -0.3 is 10.1 Å². The number of hydrogen-bond acceptors (Lipinski definition) is 4. The van der Waals surface area contributed by atoms with Crippen LogP contribution < -0.4 is 5.32 Å². The molecule has 0 radical (unpaired) electrons. The van der Waals surface area contributed by atoms with E-state index < -0.39 is 10.0 Å². The van der Waals surface area contributed by atoms with Gasteiger partial charge in [0.25, 0.3) is 0 Å². The number of morpholine rings is 1. The van der Waals surface area contributed by atoms with Gasteiger partial charge in [-0.05, 0) is 61.6 Å². The van der Waals surface area contributed by atoms with Crippen molar-refractivity contribution >= 4 is 21.6 Å². The van der Waals surface area contributed by atoms with Gasteiger partial charge in [0.15, 0.2) is 0 Å². The molecule has 27 heavy (non-hydrogen) atoms. The molecule has 6 nitrogen and oxygen atoms in total. The fraction of sp³-hybridized carbons (Fsp3) is 0.650. The van der Waals surface area contributed by atoms with E-state index in [9.17, 15) is 13.2 Å². The summed E-state index contributed by atoms with van der Waals surface area (Å²) in [5.41, 5.74) is 1.24. The third-order valence-corrected chi connectivity index (χ3v) is 8.43. The molecule has 1 heterocycles. The SMILES string of the molecule is Cc1ccc(NC(=O)C[C@H]2C[C@H]3CC[C@@H]2C3)cc1S(=O)(=O)N1CCOCC1. The number of hydrogen-bond donors (Lipinski definition) is 1. The number of carbonyl (C=O) groups excluding carboxylic acids is 1. The molecule has 148 valence electrons. The fourth-order valence-corrected chi connectivity index (χ4v) is 6.62. The number of sulfonamides is 1. The lowest BCUT2D eigenvalue weighted by atomic mass is 9.86. The zero-order valence-corrected chi connectivity index (χ0v) is 16.6. The summed E-state index contributed by atoms with van der Waals surface area (Å²) in [7, 11) is -3.58. The lowest BCUT2D eigenvalue weighted by Gasteiger charge is -2.27. The molecule has 2 bridgehead atoms. The van der Waals surface area contributed by atoms with Gasteiger partial charge in [-0.25, -0.2) is 8.42 Å². The van der Waals surface area contributed by atoms with E-state index in [2.05, 4.69) is 5.32 Å². The number of benzene rings is 1. The Morgan fingerprint density at radius 2 is 2.00 bits per heavy atom. The summed E-state index contributed by atoms with van der Waals surface area (Å²) < 4.78 is 32.7. The Bertz CT molecular complexity index is 817. The van der Waals surface area contributed by atoms with Gasteiger partial charge in [0.2, 0.25) is 15.9 Å². The highest BCUT2D eigenvalue weighted by atomic mass is 32.2. The second-order valence-corrected chi connectivity index (χ2v) is 10.1. The molecular weight excluding hydrogens is 364 g/mol. The van der Waals surface area contributed by atoms with Crippen LogP contribution in [-0.4, -0.2) is 44.9 Å². The number of amides is 1. The molecule has 0 aromatic heterocycles. The molecule has 1 aromatic carbocycles. The predicted molar refractivity (Wildman–Crippen MR) is 103 cm³/mol. The Labute approximate surface area is 161 Å². The van der Waals surface area contributed by atoms with Crippen molar-refractivity contribution in [2.45, 2.75) is 43.9 Å². The van der Waals surface area contributed by atoms with Crippen LogP contribution in [0.15, 0.2) is 23.1 Å². The van der Waals surface area contributed by atoms with Crippen LogP contribution in [0, 0.1) is 24.7 Å². The number of nitrogens with zero attached hydrogens (tertiary/aromatic N) is 1. The molecule has 1 aromatic rings. The van der Waals surface area contributed by atoms with Gasteiger partial charge >= 0.3 is 0 Å². The van der Waals surface area contributed by atoms with Crippen molar-refractivity contribution in [2.24, 2.45) is 17.8 Å². The molecule has 3 aliphatic rings. The summed E-state index contributed by atoms with van der Waals surface area (Å²) in [6.07, 6.45) is 5.58. The summed E-state index contributed by atoms with van der Waals surface area (Å²) in [4.78, 5) is 12.8. The summed E-state index contributed by atoms with van der Waals surface area (Å²) in [6.45, 7) is 3.34. The minimum Gasteiger partial charge on any atom is -0.379 e. The second kappa shape index (κ2) is 7.53. The van der Waals surface area contributed by atoms with E-state index in [0.717, 1.165) is 5.92 Å². The van der Waals surface area contributed by atoms with Crippen molar-refractivity contribution in [3.05, 3.63) is 23.8 Å². The highest BCUT2D eigenvalue weighted by molar-refractivity contribution is 7.89. The molecular formula is C20H28N2O4S. The Hall–Kier alpha value is -1.44. The van der Waals surface area contributed by atoms with E-state index in [1.54, 1.807) is 25.1 Å². The van der Waals surface area contributed by atoms with Crippen molar-refractivity contribution in [3.63, 3.8) is 0 Å². The first-order valence-corrected chi connectivity index (χ1v) is 11.4. The summed E-state index contributed by atoms with van der Waals surface area (Å²) >= 11 is 0. The van der Waals surface area contributed by atoms with Gasteiger partial charge in [-0.2, -0.15) is 4.31 Å². The van der Waals surface area contributed by atoms with Crippen LogP contribution in [0.4, 0.5) is 5.69 Å². The standard InChI is InChI=1S/C20H28N2O4S/c1-14-2-5-18(13-19(14)27(24,25)22-6-8-26-9-7-22)21-20(23)12-17-11-15-3-4-16(17)10-15/h2,5,13,15-17H,3-4,6-12H2,1H3,(H,21,23)/t15-,16+,17+/m0/s1. The highest BCUT2D eigenvalue weighted by Gasteiger charge is 2.40. The Balaban J connectivity index is 1.46. The second-order valence-electron chi connectivity index (χ2n) is 8.18. The van der Waals surface area contributed by atoms with Gasteiger partial charge in [0.05, 0.1) is 18.1 Å². The van der Waals surface area contributed by atoms with Gasteiger partial charge in [0.1, 0.15) is 0 Å². The Kier molecular flexibility index (Phi) is 5.27. The third kappa shape index (κ3) is 3.91. The lowest BCUT2D eigenvalue weighted by Crippen LogP contribution is -2.40. The average molecular weight is 393 g/mol. The van der Waals surface area contributed by atoms with E-state index in [0.29, 0.717) is 55.8 Å². The van der Waals surface area contributed by atoms with Crippen LogP contribution >= 0.6 is 0 Å². The van der Waals surface area contributed by atoms with E-state index >= 15 is 0 Å². The predicted octanol–water partition coefficient (Wildman–Crippen LogP) is 2.78. The molecule has 2 saturated carbocycles. The molecule has 0 spiro atoms. The largest absolute Gasteiger partial charge is 0.379 e. The molecule has 7 heteroatoms. The maximum absolute atomic E-state index is 13.0. The lowest BCUT2D eigenvalue weighted by molar-refractivity contribution is -0.117. The summed E-state index contributed by atoms with van der Waals surface area (Å²) in [6, 6.07) is 5.14. The summed E-state index contributed by atoms with van der Waals surface area (Å²) in [5.74, 6) is 2.00. The van der Waals surface area contributed by atoms with Crippen LogP contribution in [-0.2, 0) is 19.6 Å². The minimum atomic E-state index is -3.58. The normalized spacial score (nSPS) is 28.4. The van der Waals surface area contributed by atoms with Gasteiger partial charge in [0, 0.05) is 25.2 Å². The molecule has 1 amide bonds. The summed E-state index contributed by atoms with van der Waals surface area (Å²) in [5, 5.41) is 2.92. The number of nitrogens with one attached hydrogen (secondary N) is 1. The van der Waals surface area contributed by atoms with Crippen LogP contribution in [0.5, 0.6) is 0 Å². The number of carbonyl (C=O) groups is 1. The molecule has 1 N–H and O–H groups in total. The van der Waals surface area contributed by atoms with E-state index in [4.69, 9.17) is 4.74 Å². The van der Waals surface area contributed by atoms with E-state index in [-0.39, 0.29) is 10.8 Å². The topological polar surface area (TPSA) is 75.7 Å². The molecule has 4 rings (SSSR count). The molecule has 3 atom stereocenters. The van der Waals surface area contributed by atoms with Crippen molar-refractivity contribution in [2.75, 3.05) is 31.6 Å². The number of fused-ring (bicyclic) bond motifs is 2. The monoisotopic (exact) mass is 392 g/mol. The number of anilines is 1. The molecule has 3 fully saturated rings. The van der Waals surface area contributed by atoms with Crippen molar-refractivity contribution in [1.29, 1.82) is 0 Å². The zero-order chi connectivity index (χ0) is 19.0. The van der Waals surface area contributed by atoms with E-state index in [1.165, 1.54) is 30.0 Å². The third-order valence-electron chi connectivity index (χ3n) is 6.39. The average Bonchev–Trinajstić information content (AvgIpc) is 3.27. The maximum atomic E-state index is 13.0. The van der Waals surface area contributed by atoms with Crippen molar-refractivity contribution in [3.8, 4) is 0 Å². The van der Waals surface area contributed by atoms with Crippen molar-refractivity contribution in [1.82, 2.24) is 4.31 Å². The molecule has 1 saturated heterocycles. The zero-order valence-electron chi connectivity index (χ0n) is 15.8. The maximum Gasteiger partial charge on any atom is 0.243 e. The minimum absolute atomic E-state index is 0.00822. The van der Waals surface area contributed by atoms with Gasteiger partial charge in [-0.1, -0.05) is 12.5 Å². The quantitative estimate of drug-likeness (QED) is 0.836. The Morgan fingerprint density at radius 1 is 1.22 bits per heavy atom. The van der Waals surface area contributed by atoms with Crippen LogP contribution in [0.25, 0.3) is 0 Å². The molecule has 2 aliphatic carbocycles. The first-order valence-electron chi connectivity index (χ1n) is 9.92. The van der Waals surface area contributed by atoms with Crippen LogP contribution in [0.1, 0.15) is 37.7 Å². The number of ether oxygens (including phenoxy) is 1. The Morgan fingerprint density at radius 3 is 2.67 bits per heavy atom. The van der Waals surface area contributed by atoms with Gasteiger partial charge in [-0.3, -0.25) is 4.79 Å². The molecule has 1 aliphatic heterocycles.